The normalized spacial score (nSPS) is 11.3. The number of thiophene rings is 1. The van der Waals surface area contributed by atoms with E-state index in [-0.39, 0.29) is 17.2 Å². The first kappa shape index (κ1) is 24.8. The molecule has 0 saturated heterocycles. The lowest BCUT2D eigenvalue weighted by atomic mass is 10.2. The first-order chi connectivity index (χ1) is 17.5. The molecule has 10 heteroatoms. The maximum atomic E-state index is 12.9. The number of esters is 1. The number of amides is 2. The van der Waals surface area contributed by atoms with Crippen LogP contribution in [0.3, 0.4) is 0 Å². The Bertz CT molecular complexity index is 1420. The monoisotopic (exact) mass is 563 g/mol. The van der Waals surface area contributed by atoms with Gasteiger partial charge in [-0.25, -0.2) is 10.2 Å². The van der Waals surface area contributed by atoms with Crippen LogP contribution in [0.5, 0.6) is 5.75 Å². The molecular formula is C26H18BrN3O5S. The number of hydrogen-bond acceptors (Lipinski definition) is 7. The highest BCUT2D eigenvalue weighted by Gasteiger charge is 2.16. The molecule has 0 radical (unpaired) electrons. The molecule has 0 aliphatic heterocycles. The van der Waals surface area contributed by atoms with Gasteiger partial charge < -0.3 is 14.5 Å². The predicted octanol–water partition coefficient (Wildman–Crippen LogP) is 5.24. The zero-order valence-electron chi connectivity index (χ0n) is 18.5. The van der Waals surface area contributed by atoms with Crippen LogP contribution in [0, 0.1) is 0 Å². The number of hydrazone groups is 1. The van der Waals surface area contributed by atoms with Crippen molar-refractivity contribution < 1.29 is 23.5 Å². The van der Waals surface area contributed by atoms with Crippen molar-refractivity contribution >= 4 is 57.3 Å². The van der Waals surface area contributed by atoms with Gasteiger partial charge >= 0.3 is 5.97 Å². The number of nitrogens with zero attached hydrogens (tertiary/aromatic N) is 1. The Hall–Kier alpha value is -4.28. The molecule has 0 fully saturated rings. The summed E-state index contributed by atoms with van der Waals surface area (Å²) in [7, 11) is 0. The molecular weight excluding hydrogens is 546 g/mol. The predicted molar refractivity (Wildman–Crippen MR) is 140 cm³/mol. The number of furan rings is 1. The van der Waals surface area contributed by atoms with Crippen LogP contribution < -0.4 is 15.5 Å². The Morgan fingerprint density at radius 2 is 1.83 bits per heavy atom. The smallest absolute Gasteiger partial charge is 0.379 e. The van der Waals surface area contributed by atoms with Crippen molar-refractivity contribution in [3.05, 3.63) is 116 Å². The minimum Gasteiger partial charge on any atom is -0.457 e. The first-order valence-corrected chi connectivity index (χ1v) is 12.2. The number of benzene rings is 2. The fraction of sp³-hybridized carbons (Fsp3) is 0. The number of rotatable bonds is 8. The zero-order valence-corrected chi connectivity index (χ0v) is 20.9. The molecule has 180 valence electrons. The lowest BCUT2D eigenvalue weighted by molar-refractivity contribution is -0.117. The van der Waals surface area contributed by atoms with E-state index >= 15 is 0 Å². The summed E-state index contributed by atoms with van der Waals surface area (Å²) in [4.78, 5) is 38.6. The van der Waals surface area contributed by atoms with Crippen LogP contribution in [-0.4, -0.2) is 24.0 Å². The van der Waals surface area contributed by atoms with E-state index in [1.54, 1.807) is 60.7 Å². The summed E-state index contributed by atoms with van der Waals surface area (Å²) < 4.78 is 11.2. The number of ether oxygens (including phenoxy) is 1. The van der Waals surface area contributed by atoms with Crippen molar-refractivity contribution in [3.63, 3.8) is 0 Å². The van der Waals surface area contributed by atoms with Crippen molar-refractivity contribution in [2.24, 2.45) is 5.10 Å². The van der Waals surface area contributed by atoms with E-state index in [9.17, 15) is 14.4 Å². The average molecular weight is 564 g/mol. The minimum absolute atomic E-state index is 0.0159. The minimum atomic E-state index is -0.675. The number of hydrogen-bond donors (Lipinski definition) is 2. The van der Waals surface area contributed by atoms with Gasteiger partial charge in [0, 0.05) is 20.5 Å². The van der Waals surface area contributed by atoms with Gasteiger partial charge in [-0.1, -0.05) is 40.2 Å². The van der Waals surface area contributed by atoms with Gasteiger partial charge in [0.25, 0.3) is 11.8 Å². The van der Waals surface area contributed by atoms with Gasteiger partial charge in [0.05, 0.1) is 12.5 Å². The summed E-state index contributed by atoms with van der Waals surface area (Å²) >= 11 is 4.78. The second kappa shape index (κ2) is 11.9. The molecule has 0 aliphatic carbocycles. The third kappa shape index (κ3) is 6.65. The van der Waals surface area contributed by atoms with E-state index < -0.39 is 17.8 Å². The van der Waals surface area contributed by atoms with Crippen molar-refractivity contribution in [1.29, 1.82) is 0 Å². The largest absolute Gasteiger partial charge is 0.457 e. The van der Waals surface area contributed by atoms with Crippen LogP contribution in [0.25, 0.3) is 6.08 Å². The van der Waals surface area contributed by atoms with Crippen LogP contribution >= 0.6 is 27.3 Å². The van der Waals surface area contributed by atoms with E-state index in [4.69, 9.17) is 9.15 Å². The van der Waals surface area contributed by atoms with Crippen LogP contribution in [0.2, 0.25) is 0 Å². The SMILES string of the molecule is O=C(N/N=C/c1cc(Br)ccc1OC(=O)c1ccco1)/C(=C\c1cccs1)NC(=O)c1ccccc1. The maximum absolute atomic E-state index is 12.9. The van der Waals surface area contributed by atoms with Gasteiger partial charge in [0.1, 0.15) is 11.4 Å². The van der Waals surface area contributed by atoms with Gasteiger partial charge in [0.2, 0.25) is 5.76 Å². The second-order valence-electron chi connectivity index (χ2n) is 7.14. The molecule has 0 spiro atoms. The molecule has 2 heterocycles. The standard InChI is InChI=1S/C26H18BrN3O5S/c27-19-10-11-22(35-26(33)23-9-4-12-34-23)18(14-19)16-28-30-25(32)21(15-20-8-5-13-36-20)29-24(31)17-6-2-1-3-7-17/h1-16H,(H,29,31)(H,30,32)/b21-15+,28-16+. The Labute approximate surface area is 218 Å². The number of nitrogens with one attached hydrogen (secondary N) is 2. The maximum Gasteiger partial charge on any atom is 0.379 e. The summed E-state index contributed by atoms with van der Waals surface area (Å²) in [6, 6.07) is 20.2. The molecule has 2 aromatic heterocycles. The van der Waals surface area contributed by atoms with E-state index in [1.165, 1.54) is 29.9 Å². The molecule has 0 saturated carbocycles. The van der Waals surface area contributed by atoms with Gasteiger partial charge in [0.15, 0.2) is 0 Å². The lowest BCUT2D eigenvalue weighted by Gasteiger charge is -2.09. The fourth-order valence-electron chi connectivity index (χ4n) is 2.94. The Kier molecular flexibility index (Phi) is 8.22. The summed E-state index contributed by atoms with van der Waals surface area (Å²) in [5.74, 6) is -1.48. The molecule has 4 aromatic rings. The molecule has 0 bridgehead atoms. The number of halogens is 1. The molecule has 2 amide bonds. The highest BCUT2D eigenvalue weighted by Crippen LogP contribution is 2.23. The van der Waals surface area contributed by atoms with E-state index in [1.807, 2.05) is 17.5 Å². The Morgan fingerprint density at radius 1 is 1.00 bits per heavy atom. The zero-order chi connectivity index (χ0) is 25.3. The van der Waals surface area contributed by atoms with Crippen LogP contribution in [-0.2, 0) is 4.79 Å². The molecule has 2 N–H and O–H groups in total. The van der Waals surface area contributed by atoms with Crippen molar-refractivity contribution in [2.45, 2.75) is 0 Å². The van der Waals surface area contributed by atoms with Gasteiger partial charge in [-0.15, -0.1) is 11.3 Å². The molecule has 4 rings (SSSR count). The van der Waals surface area contributed by atoms with Crippen LogP contribution in [0.1, 0.15) is 31.4 Å². The van der Waals surface area contributed by atoms with Gasteiger partial charge in [-0.2, -0.15) is 5.10 Å². The summed E-state index contributed by atoms with van der Waals surface area (Å²) in [6.07, 6.45) is 4.26. The average Bonchev–Trinajstić information content (AvgIpc) is 3.60. The first-order valence-electron chi connectivity index (χ1n) is 10.5. The van der Waals surface area contributed by atoms with Gasteiger partial charge in [-0.05, 0) is 60.0 Å². The third-order valence-electron chi connectivity index (χ3n) is 4.63. The number of carbonyl (C=O) groups is 3. The highest BCUT2D eigenvalue weighted by molar-refractivity contribution is 9.10. The lowest BCUT2D eigenvalue weighted by Crippen LogP contribution is -2.32. The van der Waals surface area contributed by atoms with Crippen molar-refractivity contribution in [3.8, 4) is 5.75 Å². The molecule has 36 heavy (non-hydrogen) atoms. The fourth-order valence-corrected chi connectivity index (χ4v) is 3.97. The van der Waals surface area contributed by atoms with Crippen LogP contribution in [0.15, 0.2) is 104 Å². The summed E-state index contributed by atoms with van der Waals surface area (Å²) in [6.45, 7) is 0. The van der Waals surface area contributed by atoms with Crippen molar-refractivity contribution in [1.82, 2.24) is 10.7 Å². The highest BCUT2D eigenvalue weighted by atomic mass is 79.9. The third-order valence-corrected chi connectivity index (χ3v) is 5.94. The Balaban J connectivity index is 1.50. The summed E-state index contributed by atoms with van der Waals surface area (Å²) in [5, 5.41) is 8.49. The van der Waals surface area contributed by atoms with E-state index in [0.717, 1.165) is 4.88 Å². The number of carbonyl (C=O) groups excluding carboxylic acids is 3. The van der Waals surface area contributed by atoms with E-state index in [2.05, 4.69) is 31.8 Å². The van der Waals surface area contributed by atoms with Crippen LogP contribution in [0.4, 0.5) is 0 Å². The van der Waals surface area contributed by atoms with Crippen molar-refractivity contribution in [2.75, 3.05) is 0 Å². The molecule has 0 unspecified atom stereocenters. The van der Waals surface area contributed by atoms with Gasteiger partial charge in [-0.3, -0.25) is 9.59 Å². The molecule has 8 nitrogen and oxygen atoms in total. The topological polar surface area (TPSA) is 110 Å². The quantitative estimate of drug-likeness (QED) is 0.100. The Morgan fingerprint density at radius 3 is 2.56 bits per heavy atom. The second-order valence-corrected chi connectivity index (χ2v) is 9.04. The van der Waals surface area contributed by atoms with E-state index in [0.29, 0.717) is 15.6 Å². The molecule has 0 aliphatic rings. The molecule has 2 aromatic carbocycles. The summed E-state index contributed by atoms with van der Waals surface area (Å²) in [5.41, 5.74) is 3.25. The molecule has 0 atom stereocenters.